The summed E-state index contributed by atoms with van der Waals surface area (Å²) < 4.78 is 0. The fraction of sp³-hybridized carbons (Fsp3) is 0.667. The van der Waals surface area contributed by atoms with Gasteiger partial charge < -0.3 is 5.11 Å². The molecule has 1 aromatic carbocycles. The average molecular weight is 256 g/mol. The highest BCUT2D eigenvalue weighted by Gasteiger charge is 2.57. The molecule has 102 valence electrons. The second kappa shape index (κ2) is 3.63. The van der Waals surface area contributed by atoms with E-state index < -0.39 is 0 Å². The van der Waals surface area contributed by atoms with Crippen LogP contribution in [0.2, 0.25) is 0 Å². The van der Waals surface area contributed by atoms with Gasteiger partial charge in [-0.15, -0.1) is 0 Å². The summed E-state index contributed by atoms with van der Waals surface area (Å²) in [5.41, 5.74) is 4.23. The maximum atomic E-state index is 10.9. The van der Waals surface area contributed by atoms with Gasteiger partial charge in [0, 0.05) is 0 Å². The smallest absolute Gasteiger partial charge is 0.0661 e. The Labute approximate surface area is 116 Å². The lowest BCUT2D eigenvalue weighted by Gasteiger charge is -2.60. The van der Waals surface area contributed by atoms with Gasteiger partial charge in [0.2, 0.25) is 0 Å². The van der Waals surface area contributed by atoms with Gasteiger partial charge in [0.15, 0.2) is 0 Å². The molecule has 0 heterocycles. The van der Waals surface area contributed by atoms with E-state index in [0.29, 0.717) is 0 Å². The molecule has 0 saturated heterocycles. The fourth-order valence-electron chi connectivity index (χ4n) is 5.62. The highest BCUT2D eigenvalue weighted by Crippen LogP contribution is 2.62. The summed E-state index contributed by atoms with van der Waals surface area (Å²) in [5, 5.41) is 10.9. The molecule has 4 bridgehead atoms. The molecule has 2 unspecified atom stereocenters. The van der Waals surface area contributed by atoms with Crippen LogP contribution in [0.3, 0.4) is 0 Å². The van der Waals surface area contributed by atoms with E-state index in [9.17, 15) is 5.11 Å². The molecular formula is C18H24O. The van der Waals surface area contributed by atoms with Crippen LogP contribution in [0.5, 0.6) is 0 Å². The van der Waals surface area contributed by atoms with Crippen molar-refractivity contribution >= 4 is 0 Å². The number of hydrogen-bond acceptors (Lipinski definition) is 1. The first kappa shape index (κ1) is 12.0. The predicted octanol–water partition coefficient (Wildman–Crippen LogP) is 3.89. The summed E-state index contributed by atoms with van der Waals surface area (Å²) in [4.78, 5) is 0. The molecule has 19 heavy (non-hydrogen) atoms. The second-order valence-corrected chi connectivity index (χ2v) is 7.76. The Morgan fingerprint density at radius 3 is 2.26 bits per heavy atom. The van der Waals surface area contributed by atoms with Crippen LogP contribution in [0.4, 0.5) is 0 Å². The van der Waals surface area contributed by atoms with E-state index in [0.717, 1.165) is 31.1 Å². The Morgan fingerprint density at radius 2 is 1.68 bits per heavy atom. The van der Waals surface area contributed by atoms with Crippen molar-refractivity contribution in [2.45, 2.75) is 63.4 Å². The zero-order chi connectivity index (χ0) is 13.3. The molecule has 4 saturated carbocycles. The number of rotatable bonds is 1. The highest BCUT2D eigenvalue weighted by molar-refractivity contribution is 5.37. The fourth-order valence-corrected chi connectivity index (χ4v) is 5.62. The maximum Gasteiger partial charge on any atom is 0.0661 e. The third-order valence-corrected chi connectivity index (χ3v) is 6.15. The quantitative estimate of drug-likeness (QED) is 0.808. The Balaban J connectivity index is 1.79. The topological polar surface area (TPSA) is 20.2 Å². The summed E-state index contributed by atoms with van der Waals surface area (Å²) in [6.07, 6.45) is 7.14. The van der Waals surface area contributed by atoms with Gasteiger partial charge in [-0.25, -0.2) is 0 Å². The zero-order valence-corrected chi connectivity index (χ0v) is 12.1. The molecule has 1 nitrogen and oxygen atoms in total. The average Bonchev–Trinajstić information content (AvgIpc) is 2.29. The highest BCUT2D eigenvalue weighted by atomic mass is 16.3. The van der Waals surface area contributed by atoms with Crippen molar-refractivity contribution in [3.63, 3.8) is 0 Å². The van der Waals surface area contributed by atoms with Crippen LogP contribution < -0.4 is 0 Å². The van der Waals surface area contributed by atoms with Gasteiger partial charge in [-0.3, -0.25) is 0 Å². The van der Waals surface area contributed by atoms with Crippen molar-refractivity contribution in [2.24, 2.45) is 11.8 Å². The van der Waals surface area contributed by atoms with Gasteiger partial charge in [0.25, 0.3) is 0 Å². The number of benzene rings is 1. The molecule has 0 amide bonds. The van der Waals surface area contributed by atoms with Crippen molar-refractivity contribution in [3.05, 3.63) is 34.9 Å². The van der Waals surface area contributed by atoms with Crippen LogP contribution in [0.1, 0.15) is 55.2 Å². The van der Waals surface area contributed by atoms with Crippen LogP contribution in [0, 0.1) is 25.7 Å². The Morgan fingerprint density at radius 1 is 1.00 bits per heavy atom. The van der Waals surface area contributed by atoms with E-state index >= 15 is 0 Å². The first-order valence-electron chi connectivity index (χ1n) is 7.78. The second-order valence-electron chi connectivity index (χ2n) is 7.76. The summed E-state index contributed by atoms with van der Waals surface area (Å²) in [5.74, 6) is 1.54. The molecule has 0 spiro atoms. The molecule has 0 radical (unpaired) electrons. The number of aryl methyl sites for hydroxylation is 2. The normalized spacial score (nSPS) is 43.7. The number of hydrogen-bond donors (Lipinski definition) is 1. The summed E-state index contributed by atoms with van der Waals surface area (Å²) in [6, 6.07) is 7.00. The predicted molar refractivity (Wildman–Crippen MR) is 77.2 cm³/mol. The Kier molecular flexibility index (Phi) is 2.29. The summed E-state index contributed by atoms with van der Waals surface area (Å²) in [7, 11) is 0. The largest absolute Gasteiger partial charge is 0.390 e. The van der Waals surface area contributed by atoms with Crippen LogP contribution in [0.25, 0.3) is 0 Å². The third-order valence-electron chi connectivity index (χ3n) is 6.15. The van der Waals surface area contributed by atoms with E-state index in [1.807, 2.05) is 0 Å². The van der Waals surface area contributed by atoms with Gasteiger partial charge in [-0.2, -0.15) is 0 Å². The minimum absolute atomic E-state index is 0.289. The lowest BCUT2D eigenvalue weighted by atomic mass is 9.46. The molecule has 4 aliphatic rings. The van der Waals surface area contributed by atoms with Gasteiger partial charge in [-0.05, 0) is 86.3 Å². The number of aliphatic hydroxyl groups is 1. The van der Waals surface area contributed by atoms with Crippen LogP contribution in [-0.2, 0) is 5.41 Å². The van der Waals surface area contributed by atoms with E-state index in [-0.39, 0.29) is 11.0 Å². The molecule has 4 aliphatic carbocycles. The van der Waals surface area contributed by atoms with Crippen LogP contribution in [0.15, 0.2) is 18.2 Å². The third kappa shape index (κ3) is 1.71. The Bertz CT molecular complexity index is 516. The molecule has 1 heteroatoms. The molecule has 0 aliphatic heterocycles. The van der Waals surface area contributed by atoms with E-state index in [4.69, 9.17) is 0 Å². The van der Waals surface area contributed by atoms with Gasteiger partial charge >= 0.3 is 0 Å². The van der Waals surface area contributed by atoms with E-state index in [1.54, 1.807) is 0 Å². The molecule has 1 N–H and O–H groups in total. The van der Waals surface area contributed by atoms with E-state index in [1.165, 1.54) is 36.0 Å². The monoisotopic (exact) mass is 256 g/mol. The first-order valence-corrected chi connectivity index (χ1v) is 7.78. The lowest BCUT2D eigenvalue weighted by Crippen LogP contribution is -2.57. The lowest BCUT2D eigenvalue weighted by molar-refractivity contribution is -0.137. The maximum absolute atomic E-state index is 10.9. The molecule has 4 fully saturated rings. The van der Waals surface area contributed by atoms with Crippen LogP contribution in [-0.4, -0.2) is 10.7 Å². The van der Waals surface area contributed by atoms with Crippen molar-refractivity contribution < 1.29 is 5.11 Å². The minimum atomic E-state index is -0.344. The van der Waals surface area contributed by atoms with Crippen molar-refractivity contribution in [1.82, 2.24) is 0 Å². The van der Waals surface area contributed by atoms with Gasteiger partial charge in [-0.1, -0.05) is 18.2 Å². The summed E-state index contributed by atoms with van der Waals surface area (Å²) >= 11 is 0. The van der Waals surface area contributed by atoms with Crippen molar-refractivity contribution in [2.75, 3.05) is 0 Å². The molecule has 4 atom stereocenters. The standard InChI is InChI=1S/C18H24O/c1-12-3-4-16(5-13(12)2)17-7-14-6-15(8-17)10-18(19,9-14)11-17/h3-5,14-15,19H,6-11H2,1-2H3/t14-,15+,17?,18?. The van der Waals surface area contributed by atoms with Crippen molar-refractivity contribution in [3.8, 4) is 0 Å². The van der Waals surface area contributed by atoms with Crippen LogP contribution >= 0.6 is 0 Å². The zero-order valence-electron chi connectivity index (χ0n) is 12.1. The van der Waals surface area contributed by atoms with Gasteiger partial charge in [0.05, 0.1) is 5.60 Å². The summed E-state index contributed by atoms with van der Waals surface area (Å²) in [6.45, 7) is 4.40. The molecule has 5 rings (SSSR count). The SMILES string of the molecule is Cc1ccc(C23C[C@@H]4C[C@@H](CC(O)(C4)C2)C3)cc1C. The van der Waals surface area contributed by atoms with Crippen molar-refractivity contribution in [1.29, 1.82) is 0 Å². The molecule has 1 aromatic rings. The molecule has 0 aromatic heterocycles. The Hall–Kier alpha value is -0.820. The first-order chi connectivity index (χ1) is 8.98. The van der Waals surface area contributed by atoms with E-state index in [2.05, 4.69) is 32.0 Å². The minimum Gasteiger partial charge on any atom is -0.390 e. The van der Waals surface area contributed by atoms with Gasteiger partial charge in [0.1, 0.15) is 0 Å². The molecular weight excluding hydrogens is 232 g/mol.